The number of aryl methyl sites for hydroxylation is 2. The number of benzene rings is 2. The molecule has 3 aromatic rings. The van der Waals surface area contributed by atoms with Gasteiger partial charge in [0.1, 0.15) is 29.2 Å². The molecule has 7 N–H and O–H groups in total. The second-order valence-corrected chi connectivity index (χ2v) is 7.27. The van der Waals surface area contributed by atoms with Gasteiger partial charge >= 0.3 is 0 Å². The van der Waals surface area contributed by atoms with Crippen LogP contribution in [0.3, 0.4) is 0 Å². The van der Waals surface area contributed by atoms with Crippen molar-refractivity contribution in [1.82, 2.24) is 4.98 Å². The van der Waals surface area contributed by atoms with Crippen LogP contribution in [0.2, 0.25) is 0 Å². The summed E-state index contributed by atoms with van der Waals surface area (Å²) in [6.45, 7) is 4.09. The van der Waals surface area contributed by atoms with Crippen LogP contribution in [0.25, 0.3) is 28.0 Å². The highest BCUT2D eigenvalue weighted by Gasteiger charge is 2.13. The van der Waals surface area contributed by atoms with E-state index in [1.54, 1.807) is 6.08 Å². The van der Waals surface area contributed by atoms with E-state index in [2.05, 4.69) is 10.3 Å². The average Bonchev–Trinajstić information content (AvgIpc) is 2.76. The first-order valence-electron chi connectivity index (χ1n) is 9.81. The SMILES string of the molecule is Cc1cc(/C=C/C#N)cc(C)c1-c1cccc2c(N)nc(N/C(N)=C/C=C(\N)C#N)cc12. The fourth-order valence-corrected chi connectivity index (χ4v) is 3.64. The number of nitrogens with one attached hydrogen (secondary N) is 1. The summed E-state index contributed by atoms with van der Waals surface area (Å²) in [6.07, 6.45) is 6.16. The molecule has 2 aromatic carbocycles. The molecule has 0 saturated carbocycles. The zero-order chi connectivity index (χ0) is 23.3. The van der Waals surface area contributed by atoms with Crippen molar-refractivity contribution in [2.45, 2.75) is 13.8 Å². The minimum atomic E-state index is 0.0435. The molecule has 7 heteroatoms. The zero-order valence-corrected chi connectivity index (χ0v) is 17.8. The number of nitrogens with zero attached hydrogens (tertiary/aromatic N) is 3. The second kappa shape index (κ2) is 9.38. The van der Waals surface area contributed by atoms with Crippen molar-refractivity contribution in [3.63, 3.8) is 0 Å². The van der Waals surface area contributed by atoms with Gasteiger partial charge in [-0.15, -0.1) is 0 Å². The molecule has 0 aliphatic heterocycles. The summed E-state index contributed by atoms with van der Waals surface area (Å²) in [5.41, 5.74) is 23.0. The Bertz CT molecular complexity index is 1340. The molecule has 1 aromatic heterocycles. The maximum Gasteiger partial charge on any atom is 0.134 e. The van der Waals surface area contributed by atoms with Gasteiger partial charge in [-0.25, -0.2) is 4.98 Å². The highest BCUT2D eigenvalue weighted by Crippen LogP contribution is 2.36. The number of hydrogen-bond donors (Lipinski definition) is 4. The first kappa shape index (κ1) is 21.9. The maximum absolute atomic E-state index is 8.81. The van der Waals surface area contributed by atoms with Crippen LogP contribution in [0.4, 0.5) is 11.6 Å². The molecule has 1 heterocycles. The molecule has 3 rings (SSSR count). The number of fused-ring (bicyclic) bond motifs is 1. The Morgan fingerprint density at radius 3 is 2.41 bits per heavy atom. The first-order chi connectivity index (χ1) is 15.3. The number of nitriles is 2. The van der Waals surface area contributed by atoms with Crippen molar-refractivity contribution < 1.29 is 0 Å². The Labute approximate surface area is 186 Å². The monoisotopic (exact) mass is 421 g/mol. The van der Waals surface area contributed by atoms with Crippen molar-refractivity contribution >= 4 is 28.5 Å². The van der Waals surface area contributed by atoms with E-state index in [4.69, 9.17) is 27.7 Å². The number of hydrogen-bond acceptors (Lipinski definition) is 7. The molecule has 0 amide bonds. The highest BCUT2D eigenvalue weighted by atomic mass is 15.1. The molecule has 0 fully saturated rings. The van der Waals surface area contributed by atoms with Crippen molar-refractivity contribution in [2.24, 2.45) is 11.5 Å². The lowest BCUT2D eigenvalue weighted by Gasteiger charge is -2.16. The topological polar surface area (TPSA) is 151 Å². The Morgan fingerprint density at radius 1 is 1.03 bits per heavy atom. The summed E-state index contributed by atoms with van der Waals surface area (Å²) in [4.78, 5) is 4.41. The third kappa shape index (κ3) is 4.69. The summed E-state index contributed by atoms with van der Waals surface area (Å²) >= 11 is 0. The van der Waals surface area contributed by atoms with Crippen LogP contribution in [0.1, 0.15) is 16.7 Å². The van der Waals surface area contributed by atoms with E-state index < -0.39 is 0 Å². The van der Waals surface area contributed by atoms with Gasteiger partial charge in [0.15, 0.2) is 0 Å². The molecule has 7 nitrogen and oxygen atoms in total. The fourth-order valence-electron chi connectivity index (χ4n) is 3.64. The van der Waals surface area contributed by atoms with Gasteiger partial charge in [0.05, 0.1) is 6.07 Å². The standard InChI is InChI=1S/C25H23N7/c1-15-11-17(5-4-10-26)12-16(2)24(15)19-6-3-7-20-21(19)13-23(32-25(20)30)31-22(29)9-8-18(28)14-27/h3-9,11-13H,28-29H2,1-2H3,(H3,30,31,32)/b5-4+,18-8-,22-9+. The Hall–Kier alpha value is -4.75. The van der Waals surface area contributed by atoms with Gasteiger partial charge in [0.25, 0.3) is 0 Å². The molecule has 0 spiro atoms. The Balaban J connectivity index is 2.13. The molecule has 0 bridgehead atoms. The van der Waals surface area contributed by atoms with Crippen molar-refractivity contribution in [1.29, 1.82) is 10.5 Å². The first-order valence-corrected chi connectivity index (χ1v) is 9.81. The van der Waals surface area contributed by atoms with Crippen molar-refractivity contribution in [2.75, 3.05) is 11.1 Å². The van der Waals surface area contributed by atoms with Crippen LogP contribution >= 0.6 is 0 Å². The van der Waals surface area contributed by atoms with Gasteiger partial charge in [-0.3, -0.25) is 0 Å². The summed E-state index contributed by atoms with van der Waals surface area (Å²) < 4.78 is 0. The average molecular weight is 422 g/mol. The second-order valence-electron chi connectivity index (χ2n) is 7.27. The Kier molecular flexibility index (Phi) is 6.43. The number of anilines is 2. The molecule has 0 aliphatic rings. The van der Waals surface area contributed by atoms with E-state index in [9.17, 15) is 0 Å². The van der Waals surface area contributed by atoms with Gasteiger partial charge in [-0.1, -0.05) is 30.3 Å². The molecule has 0 unspecified atom stereocenters. The predicted octanol–water partition coefficient (Wildman–Crippen LogP) is 4.22. The zero-order valence-electron chi connectivity index (χ0n) is 17.8. The Morgan fingerprint density at radius 2 is 1.75 bits per heavy atom. The molecule has 0 atom stereocenters. The number of aromatic nitrogens is 1. The van der Waals surface area contributed by atoms with Crippen molar-refractivity contribution in [3.05, 3.63) is 82.8 Å². The van der Waals surface area contributed by atoms with Gasteiger partial charge < -0.3 is 22.5 Å². The van der Waals surface area contributed by atoms with Gasteiger partial charge in [0.2, 0.25) is 0 Å². The number of nitrogen functional groups attached to an aromatic ring is 1. The minimum Gasteiger partial charge on any atom is -0.390 e. The lowest BCUT2D eigenvalue weighted by molar-refractivity contribution is 1.24. The smallest absolute Gasteiger partial charge is 0.134 e. The third-order valence-electron chi connectivity index (χ3n) is 4.92. The normalized spacial score (nSPS) is 12.0. The summed E-state index contributed by atoms with van der Waals surface area (Å²) in [6, 6.07) is 15.8. The third-order valence-corrected chi connectivity index (χ3v) is 4.92. The van der Waals surface area contributed by atoms with E-state index in [1.807, 2.05) is 62.4 Å². The van der Waals surface area contributed by atoms with Gasteiger partial charge in [-0.2, -0.15) is 10.5 Å². The van der Waals surface area contributed by atoms with Gasteiger partial charge in [0, 0.05) is 11.5 Å². The molecule has 0 radical (unpaired) electrons. The number of pyridine rings is 1. The van der Waals surface area contributed by atoms with E-state index >= 15 is 0 Å². The van der Waals surface area contributed by atoms with Crippen LogP contribution in [0.5, 0.6) is 0 Å². The highest BCUT2D eigenvalue weighted by molar-refractivity contribution is 6.03. The lowest BCUT2D eigenvalue weighted by atomic mass is 9.90. The lowest BCUT2D eigenvalue weighted by Crippen LogP contribution is -2.11. The number of nitrogens with two attached hydrogens (primary N) is 3. The molecule has 32 heavy (non-hydrogen) atoms. The maximum atomic E-state index is 8.81. The van der Waals surface area contributed by atoms with E-state index in [-0.39, 0.29) is 11.5 Å². The fraction of sp³-hybridized carbons (Fsp3) is 0.0800. The molecular formula is C25H23N7. The van der Waals surface area contributed by atoms with Crippen LogP contribution in [-0.4, -0.2) is 4.98 Å². The molecule has 158 valence electrons. The predicted molar refractivity (Wildman–Crippen MR) is 129 cm³/mol. The van der Waals surface area contributed by atoms with Crippen LogP contribution in [0, 0.1) is 36.5 Å². The number of allylic oxidation sites excluding steroid dienone is 4. The molecular weight excluding hydrogens is 398 g/mol. The summed E-state index contributed by atoms with van der Waals surface area (Å²) in [7, 11) is 0. The molecule has 0 saturated heterocycles. The summed E-state index contributed by atoms with van der Waals surface area (Å²) in [5, 5.41) is 22.3. The van der Waals surface area contributed by atoms with E-state index in [0.29, 0.717) is 11.6 Å². The minimum absolute atomic E-state index is 0.0435. The van der Waals surface area contributed by atoms with E-state index in [0.717, 1.165) is 38.6 Å². The number of rotatable bonds is 5. The van der Waals surface area contributed by atoms with E-state index in [1.165, 1.54) is 18.2 Å². The van der Waals surface area contributed by atoms with Gasteiger partial charge in [-0.05, 0) is 71.3 Å². The molecule has 0 aliphatic carbocycles. The van der Waals surface area contributed by atoms with Crippen LogP contribution in [0.15, 0.2) is 66.1 Å². The van der Waals surface area contributed by atoms with Crippen molar-refractivity contribution in [3.8, 4) is 23.3 Å². The summed E-state index contributed by atoms with van der Waals surface area (Å²) in [5.74, 6) is 1.12. The van der Waals surface area contributed by atoms with Crippen LogP contribution < -0.4 is 22.5 Å². The quantitative estimate of drug-likeness (QED) is 0.356. The largest absolute Gasteiger partial charge is 0.390 e. The van der Waals surface area contributed by atoms with Crippen LogP contribution in [-0.2, 0) is 0 Å².